The van der Waals surface area contributed by atoms with E-state index in [1.807, 2.05) is 24.3 Å². The van der Waals surface area contributed by atoms with Gasteiger partial charge in [0.25, 0.3) is 0 Å². The first-order valence-electron chi connectivity index (χ1n) is 8.45. The Hall–Kier alpha value is -2.87. The van der Waals surface area contributed by atoms with Gasteiger partial charge in [0, 0.05) is 25.4 Å². The lowest BCUT2D eigenvalue weighted by molar-refractivity contribution is -0.127. The van der Waals surface area contributed by atoms with Crippen molar-refractivity contribution in [2.45, 2.75) is 18.5 Å². The number of carbonyl (C=O) groups excluding carboxylic acids is 2. The van der Waals surface area contributed by atoms with Gasteiger partial charge in [-0.05, 0) is 25.6 Å². The molecule has 0 radical (unpaired) electrons. The Morgan fingerprint density at radius 2 is 2.15 bits per heavy atom. The van der Waals surface area contributed by atoms with Gasteiger partial charge in [-0.2, -0.15) is 5.10 Å². The van der Waals surface area contributed by atoms with Crippen LogP contribution < -0.4 is 20.3 Å². The van der Waals surface area contributed by atoms with Gasteiger partial charge in [-0.15, -0.1) is 0 Å². The predicted octanol–water partition coefficient (Wildman–Crippen LogP) is 0.611. The Morgan fingerprint density at radius 1 is 1.38 bits per heavy atom. The standard InChI is InChI=1S/C18H23N5O3/c1-19-16(12-10-20-22(2)11-12)17(24)21-13-8-9-23(18(13)25)14-6-4-5-7-15(14)26-3/h4-7,10-11,13,16,19H,8-9H2,1-3H3,(H,21,24). The van der Waals surface area contributed by atoms with Gasteiger partial charge < -0.3 is 20.3 Å². The number of rotatable bonds is 6. The van der Waals surface area contributed by atoms with Crippen LogP contribution in [0.4, 0.5) is 5.69 Å². The van der Waals surface area contributed by atoms with Crippen LogP contribution in [0, 0.1) is 0 Å². The summed E-state index contributed by atoms with van der Waals surface area (Å²) in [6, 6.07) is 6.25. The number of nitrogens with one attached hydrogen (secondary N) is 2. The summed E-state index contributed by atoms with van der Waals surface area (Å²) in [5.41, 5.74) is 1.47. The van der Waals surface area contributed by atoms with E-state index >= 15 is 0 Å². The lowest BCUT2D eigenvalue weighted by Gasteiger charge is -2.21. The number of anilines is 1. The number of nitrogens with zero attached hydrogens (tertiary/aromatic N) is 3. The van der Waals surface area contributed by atoms with Crippen molar-refractivity contribution in [2.75, 3.05) is 25.6 Å². The second-order valence-electron chi connectivity index (χ2n) is 6.18. The monoisotopic (exact) mass is 357 g/mol. The number of carbonyl (C=O) groups is 2. The highest BCUT2D eigenvalue weighted by Gasteiger charge is 2.36. The molecule has 26 heavy (non-hydrogen) atoms. The zero-order chi connectivity index (χ0) is 18.7. The Bertz CT molecular complexity index is 804. The number of ether oxygens (including phenoxy) is 1. The van der Waals surface area contributed by atoms with E-state index in [2.05, 4.69) is 15.7 Å². The minimum atomic E-state index is -0.559. The Morgan fingerprint density at radius 3 is 2.81 bits per heavy atom. The van der Waals surface area contributed by atoms with Gasteiger partial charge in [-0.1, -0.05) is 12.1 Å². The van der Waals surface area contributed by atoms with Gasteiger partial charge in [-0.3, -0.25) is 14.3 Å². The van der Waals surface area contributed by atoms with E-state index in [9.17, 15) is 9.59 Å². The summed E-state index contributed by atoms with van der Waals surface area (Å²) in [4.78, 5) is 27.1. The van der Waals surface area contributed by atoms with Gasteiger partial charge in [0.05, 0.1) is 19.0 Å². The largest absolute Gasteiger partial charge is 0.495 e. The van der Waals surface area contributed by atoms with E-state index in [1.165, 1.54) is 0 Å². The lowest BCUT2D eigenvalue weighted by Crippen LogP contribution is -2.45. The van der Waals surface area contributed by atoms with Gasteiger partial charge in [0.2, 0.25) is 11.8 Å². The number of para-hydroxylation sites is 2. The smallest absolute Gasteiger partial charge is 0.249 e. The van der Waals surface area contributed by atoms with Crippen molar-refractivity contribution in [3.05, 3.63) is 42.2 Å². The molecule has 8 heteroatoms. The maximum Gasteiger partial charge on any atom is 0.249 e. The number of benzene rings is 1. The molecule has 2 aromatic rings. The molecule has 2 N–H and O–H groups in total. The van der Waals surface area contributed by atoms with Gasteiger partial charge >= 0.3 is 0 Å². The molecule has 3 rings (SSSR count). The first kappa shape index (κ1) is 17.9. The second kappa shape index (κ2) is 7.57. The van der Waals surface area contributed by atoms with Crippen LogP contribution in [0.1, 0.15) is 18.0 Å². The fourth-order valence-corrected chi connectivity index (χ4v) is 3.20. The van der Waals surface area contributed by atoms with Crippen molar-refractivity contribution in [2.24, 2.45) is 7.05 Å². The SMILES string of the molecule is CNC(C(=O)NC1CCN(c2ccccc2OC)C1=O)c1cnn(C)c1. The Balaban J connectivity index is 1.71. The number of amides is 2. The Labute approximate surface area is 152 Å². The van der Waals surface area contributed by atoms with Crippen LogP contribution in [0.5, 0.6) is 5.75 Å². The van der Waals surface area contributed by atoms with Crippen molar-refractivity contribution in [1.29, 1.82) is 0 Å². The molecule has 1 aliphatic rings. The third-order valence-electron chi connectivity index (χ3n) is 4.51. The van der Waals surface area contributed by atoms with E-state index < -0.39 is 12.1 Å². The number of aromatic nitrogens is 2. The molecule has 2 unspecified atom stereocenters. The average Bonchev–Trinajstić information content (AvgIpc) is 3.22. The summed E-state index contributed by atoms with van der Waals surface area (Å²) in [6.45, 7) is 0.529. The molecule has 138 valence electrons. The Kier molecular flexibility index (Phi) is 5.22. The van der Waals surface area contributed by atoms with Gasteiger partial charge in [0.1, 0.15) is 17.8 Å². The zero-order valence-corrected chi connectivity index (χ0v) is 15.1. The number of hydrogen-bond acceptors (Lipinski definition) is 5. The van der Waals surface area contributed by atoms with E-state index in [0.29, 0.717) is 24.4 Å². The van der Waals surface area contributed by atoms with Crippen molar-refractivity contribution in [3.63, 3.8) is 0 Å². The van der Waals surface area contributed by atoms with Crippen molar-refractivity contribution >= 4 is 17.5 Å². The van der Waals surface area contributed by atoms with Crippen LogP contribution >= 0.6 is 0 Å². The third kappa shape index (κ3) is 3.41. The molecule has 1 aromatic carbocycles. The number of hydrogen-bond donors (Lipinski definition) is 2. The molecule has 0 aliphatic carbocycles. The van der Waals surface area contributed by atoms with Crippen LogP contribution in [0.2, 0.25) is 0 Å². The summed E-state index contributed by atoms with van der Waals surface area (Å²) >= 11 is 0. The molecular weight excluding hydrogens is 334 g/mol. The van der Waals surface area contributed by atoms with E-state index in [-0.39, 0.29) is 11.8 Å². The molecule has 1 aliphatic heterocycles. The zero-order valence-electron chi connectivity index (χ0n) is 15.1. The molecule has 0 saturated carbocycles. The summed E-state index contributed by atoms with van der Waals surface area (Å²) in [6.07, 6.45) is 3.96. The highest BCUT2D eigenvalue weighted by Crippen LogP contribution is 2.31. The molecule has 8 nitrogen and oxygen atoms in total. The minimum Gasteiger partial charge on any atom is -0.495 e. The predicted molar refractivity (Wildman–Crippen MR) is 96.9 cm³/mol. The van der Waals surface area contributed by atoms with Gasteiger partial charge in [0.15, 0.2) is 0 Å². The minimum absolute atomic E-state index is 0.135. The number of methoxy groups -OCH3 is 1. The van der Waals surface area contributed by atoms with Crippen LogP contribution in [0.25, 0.3) is 0 Å². The molecule has 0 spiro atoms. The molecule has 1 aromatic heterocycles. The highest BCUT2D eigenvalue weighted by molar-refractivity contribution is 6.02. The van der Waals surface area contributed by atoms with Crippen molar-refractivity contribution < 1.29 is 14.3 Å². The first-order valence-corrected chi connectivity index (χ1v) is 8.45. The number of aryl methyl sites for hydroxylation is 1. The molecule has 2 atom stereocenters. The molecule has 1 saturated heterocycles. The van der Waals surface area contributed by atoms with Crippen LogP contribution in [0.15, 0.2) is 36.7 Å². The maximum atomic E-state index is 12.8. The molecule has 2 amide bonds. The topological polar surface area (TPSA) is 88.5 Å². The molecule has 1 fully saturated rings. The van der Waals surface area contributed by atoms with E-state index in [1.54, 1.807) is 43.2 Å². The van der Waals surface area contributed by atoms with E-state index in [0.717, 1.165) is 5.56 Å². The van der Waals surface area contributed by atoms with Crippen LogP contribution in [-0.4, -0.2) is 48.3 Å². The summed E-state index contributed by atoms with van der Waals surface area (Å²) < 4.78 is 6.97. The lowest BCUT2D eigenvalue weighted by atomic mass is 10.1. The van der Waals surface area contributed by atoms with Crippen molar-refractivity contribution in [3.8, 4) is 5.75 Å². The van der Waals surface area contributed by atoms with Crippen LogP contribution in [-0.2, 0) is 16.6 Å². The maximum absolute atomic E-state index is 12.8. The van der Waals surface area contributed by atoms with E-state index in [4.69, 9.17) is 4.74 Å². The fraction of sp³-hybridized carbons (Fsp3) is 0.389. The first-order chi connectivity index (χ1) is 12.5. The number of likely N-dealkylation sites (N-methyl/N-ethyl adjacent to an activating group) is 1. The second-order valence-corrected chi connectivity index (χ2v) is 6.18. The highest BCUT2D eigenvalue weighted by atomic mass is 16.5. The van der Waals surface area contributed by atoms with Gasteiger partial charge in [-0.25, -0.2) is 0 Å². The summed E-state index contributed by atoms with van der Waals surface area (Å²) in [5, 5.41) is 9.92. The third-order valence-corrected chi connectivity index (χ3v) is 4.51. The van der Waals surface area contributed by atoms with Crippen molar-refractivity contribution in [1.82, 2.24) is 20.4 Å². The quantitative estimate of drug-likeness (QED) is 0.791. The van der Waals surface area contributed by atoms with Crippen LogP contribution in [0.3, 0.4) is 0 Å². The molecule has 2 heterocycles. The summed E-state index contributed by atoms with van der Waals surface area (Å²) in [5.74, 6) is 0.251. The average molecular weight is 357 g/mol. The normalized spacial score (nSPS) is 18.0. The molecular formula is C18H23N5O3. The summed E-state index contributed by atoms with van der Waals surface area (Å²) in [7, 11) is 5.07. The molecule has 0 bridgehead atoms. The fourth-order valence-electron chi connectivity index (χ4n) is 3.20.